The van der Waals surface area contributed by atoms with Gasteiger partial charge in [0.2, 0.25) is 0 Å². The van der Waals surface area contributed by atoms with Gasteiger partial charge in [0, 0.05) is 31.0 Å². The summed E-state index contributed by atoms with van der Waals surface area (Å²) in [5.74, 6) is -0.0410. The van der Waals surface area contributed by atoms with Gasteiger partial charge in [-0.3, -0.25) is 4.79 Å². The van der Waals surface area contributed by atoms with Crippen LogP contribution in [-0.4, -0.2) is 22.0 Å². The fourth-order valence-corrected chi connectivity index (χ4v) is 1.41. The van der Waals surface area contributed by atoms with Gasteiger partial charge in [-0.2, -0.15) is 0 Å². The summed E-state index contributed by atoms with van der Waals surface area (Å²) in [5, 5.41) is 2.85. The average molecular weight is 215 g/mol. The molecular weight excluding hydrogens is 202 g/mol. The SMILES string of the molecule is O=C(NCCn1ccnc1)c1ccccc1. The second kappa shape index (κ2) is 5.11. The number of rotatable bonds is 4. The second-order valence-electron chi connectivity index (χ2n) is 3.42. The minimum atomic E-state index is -0.0410. The summed E-state index contributed by atoms with van der Waals surface area (Å²) in [6.07, 6.45) is 5.32. The van der Waals surface area contributed by atoms with Gasteiger partial charge >= 0.3 is 0 Å². The molecule has 1 aromatic heterocycles. The van der Waals surface area contributed by atoms with Gasteiger partial charge in [0.05, 0.1) is 6.33 Å². The van der Waals surface area contributed by atoms with Gasteiger partial charge in [0.15, 0.2) is 0 Å². The van der Waals surface area contributed by atoms with Crippen molar-refractivity contribution in [2.75, 3.05) is 6.54 Å². The van der Waals surface area contributed by atoms with Gasteiger partial charge < -0.3 is 9.88 Å². The van der Waals surface area contributed by atoms with Crippen LogP contribution in [0.5, 0.6) is 0 Å². The minimum absolute atomic E-state index is 0.0410. The summed E-state index contributed by atoms with van der Waals surface area (Å²) < 4.78 is 1.92. The number of hydrogen-bond donors (Lipinski definition) is 1. The van der Waals surface area contributed by atoms with Crippen LogP contribution in [0.2, 0.25) is 0 Å². The molecule has 2 rings (SSSR count). The summed E-state index contributed by atoms with van der Waals surface area (Å²) in [6, 6.07) is 9.19. The van der Waals surface area contributed by atoms with Crippen LogP contribution < -0.4 is 5.32 Å². The first kappa shape index (κ1) is 10.4. The van der Waals surface area contributed by atoms with E-state index in [1.54, 1.807) is 24.7 Å². The molecule has 1 aromatic carbocycles. The van der Waals surface area contributed by atoms with Gasteiger partial charge in [-0.25, -0.2) is 4.98 Å². The summed E-state index contributed by atoms with van der Waals surface area (Å²) in [7, 11) is 0. The van der Waals surface area contributed by atoms with Crippen molar-refractivity contribution in [2.24, 2.45) is 0 Å². The smallest absolute Gasteiger partial charge is 0.251 e. The Labute approximate surface area is 93.9 Å². The number of aromatic nitrogens is 2. The van der Waals surface area contributed by atoms with Crippen molar-refractivity contribution >= 4 is 5.91 Å². The predicted octanol–water partition coefficient (Wildman–Crippen LogP) is 1.31. The number of benzene rings is 1. The summed E-state index contributed by atoms with van der Waals surface area (Å²) in [4.78, 5) is 15.6. The standard InChI is InChI=1S/C12H13N3O/c16-12(11-4-2-1-3-5-11)14-7-9-15-8-6-13-10-15/h1-6,8,10H,7,9H2,(H,14,16). The normalized spacial score (nSPS) is 10.0. The molecule has 1 N–H and O–H groups in total. The van der Waals surface area contributed by atoms with E-state index >= 15 is 0 Å². The molecule has 0 aliphatic heterocycles. The molecule has 4 nitrogen and oxygen atoms in total. The Morgan fingerprint density at radius 1 is 1.31 bits per heavy atom. The third kappa shape index (κ3) is 2.70. The van der Waals surface area contributed by atoms with Crippen LogP contribution in [0.3, 0.4) is 0 Å². The minimum Gasteiger partial charge on any atom is -0.350 e. The maximum absolute atomic E-state index is 11.6. The fraction of sp³-hybridized carbons (Fsp3) is 0.167. The molecule has 0 unspecified atom stereocenters. The Balaban J connectivity index is 1.81. The quantitative estimate of drug-likeness (QED) is 0.836. The topological polar surface area (TPSA) is 46.9 Å². The number of amides is 1. The maximum Gasteiger partial charge on any atom is 0.251 e. The summed E-state index contributed by atoms with van der Waals surface area (Å²) in [6.45, 7) is 1.34. The van der Waals surface area contributed by atoms with Crippen molar-refractivity contribution < 1.29 is 4.79 Å². The van der Waals surface area contributed by atoms with E-state index in [2.05, 4.69) is 10.3 Å². The van der Waals surface area contributed by atoms with Gasteiger partial charge in [-0.1, -0.05) is 18.2 Å². The predicted molar refractivity (Wildman–Crippen MR) is 61.0 cm³/mol. The van der Waals surface area contributed by atoms with Crippen molar-refractivity contribution in [3.05, 3.63) is 54.6 Å². The molecule has 4 heteroatoms. The molecule has 0 fully saturated rings. The summed E-state index contributed by atoms with van der Waals surface area (Å²) >= 11 is 0. The zero-order valence-corrected chi connectivity index (χ0v) is 8.84. The molecular formula is C12H13N3O. The van der Waals surface area contributed by atoms with Gasteiger partial charge in [-0.15, -0.1) is 0 Å². The number of hydrogen-bond acceptors (Lipinski definition) is 2. The molecule has 16 heavy (non-hydrogen) atoms. The highest BCUT2D eigenvalue weighted by Crippen LogP contribution is 1.97. The van der Waals surface area contributed by atoms with Crippen molar-refractivity contribution in [1.82, 2.24) is 14.9 Å². The maximum atomic E-state index is 11.6. The van der Waals surface area contributed by atoms with Gasteiger partial charge in [0.1, 0.15) is 0 Å². The van der Waals surface area contributed by atoms with Crippen LogP contribution in [0.25, 0.3) is 0 Å². The van der Waals surface area contributed by atoms with Crippen LogP contribution in [0.4, 0.5) is 0 Å². The van der Waals surface area contributed by atoms with Crippen LogP contribution in [0.15, 0.2) is 49.1 Å². The Hall–Kier alpha value is -2.10. The molecule has 0 aliphatic rings. The first-order chi connectivity index (χ1) is 7.86. The summed E-state index contributed by atoms with van der Waals surface area (Å²) in [5.41, 5.74) is 0.688. The van der Waals surface area contributed by atoms with Crippen molar-refractivity contribution in [3.63, 3.8) is 0 Å². The van der Waals surface area contributed by atoms with Crippen LogP contribution in [0, 0.1) is 0 Å². The Morgan fingerprint density at radius 2 is 2.12 bits per heavy atom. The van der Waals surface area contributed by atoms with E-state index in [1.165, 1.54) is 0 Å². The largest absolute Gasteiger partial charge is 0.350 e. The average Bonchev–Trinajstić information content (AvgIpc) is 2.83. The number of nitrogens with one attached hydrogen (secondary N) is 1. The lowest BCUT2D eigenvalue weighted by atomic mass is 10.2. The van der Waals surface area contributed by atoms with Crippen LogP contribution in [0.1, 0.15) is 10.4 Å². The Bertz CT molecular complexity index is 437. The lowest BCUT2D eigenvalue weighted by Crippen LogP contribution is -2.26. The third-order valence-corrected chi connectivity index (χ3v) is 2.25. The first-order valence-electron chi connectivity index (χ1n) is 5.15. The first-order valence-corrected chi connectivity index (χ1v) is 5.15. The lowest BCUT2D eigenvalue weighted by Gasteiger charge is -2.05. The number of carbonyl (C=O) groups is 1. The molecule has 0 atom stereocenters. The highest BCUT2D eigenvalue weighted by molar-refractivity contribution is 5.94. The van der Waals surface area contributed by atoms with E-state index in [0.29, 0.717) is 12.1 Å². The number of nitrogens with zero attached hydrogens (tertiary/aromatic N) is 2. The zero-order valence-electron chi connectivity index (χ0n) is 8.84. The molecule has 0 aliphatic carbocycles. The molecule has 1 heterocycles. The zero-order chi connectivity index (χ0) is 11.2. The van der Waals surface area contributed by atoms with Crippen LogP contribution >= 0.6 is 0 Å². The molecule has 0 saturated carbocycles. The van der Waals surface area contributed by atoms with E-state index in [0.717, 1.165) is 6.54 Å². The molecule has 1 amide bonds. The monoisotopic (exact) mass is 215 g/mol. The Morgan fingerprint density at radius 3 is 2.81 bits per heavy atom. The number of carbonyl (C=O) groups excluding carboxylic acids is 1. The van der Waals surface area contributed by atoms with Crippen molar-refractivity contribution in [3.8, 4) is 0 Å². The molecule has 2 aromatic rings. The van der Waals surface area contributed by atoms with Gasteiger partial charge in [-0.05, 0) is 12.1 Å². The van der Waals surface area contributed by atoms with Crippen LogP contribution in [-0.2, 0) is 6.54 Å². The highest BCUT2D eigenvalue weighted by Gasteiger charge is 2.02. The Kier molecular flexibility index (Phi) is 3.33. The van der Waals surface area contributed by atoms with E-state index in [-0.39, 0.29) is 5.91 Å². The lowest BCUT2D eigenvalue weighted by molar-refractivity contribution is 0.0952. The van der Waals surface area contributed by atoms with E-state index < -0.39 is 0 Å². The fourth-order valence-electron chi connectivity index (χ4n) is 1.41. The van der Waals surface area contributed by atoms with Crippen molar-refractivity contribution in [1.29, 1.82) is 0 Å². The van der Waals surface area contributed by atoms with E-state index in [1.807, 2.05) is 29.0 Å². The van der Waals surface area contributed by atoms with Gasteiger partial charge in [0.25, 0.3) is 5.91 Å². The molecule has 82 valence electrons. The van der Waals surface area contributed by atoms with E-state index in [4.69, 9.17) is 0 Å². The highest BCUT2D eigenvalue weighted by atomic mass is 16.1. The number of imidazole rings is 1. The molecule has 0 bridgehead atoms. The molecule has 0 saturated heterocycles. The second-order valence-corrected chi connectivity index (χ2v) is 3.42. The van der Waals surface area contributed by atoms with E-state index in [9.17, 15) is 4.79 Å². The molecule has 0 radical (unpaired) electrons. The van der Waals surface area contributed by atoms with Crippen molar-refractivity contribution in [2.45, 2.75) is 6.54 Å². The molecule has 0 spiro atoms. The third-order valence-electron chi connectivity index (χ3n) is 2.25.